The predicted octanol–water partition coefficient (Wildman–Crippen LogP) is 3.24. The minimum atomic E-state index is -0.127. The van der Waals surface area contributed by atoms with Gasteiger partial charge in [-0.15, -0.1) is 0 Å². The van der Waals surface area contributed by atoms with Crippen LogP contribution in [0.25, 0.3) is 11.0 Å². The molecular formula is C21H28N6O. The lowest BCUT2D eigenvalue weighted by Gasteiger charge is -2.34. The number of pyridine rings is 1. The van der Waals surface area contributed by atoms with E-state index in [-0.39, 0.29) is 11.5 Å². The molecule has 4 rings (SSSR count). The summed E-state index contributed by atoms with van der Waals surface area (Å²) in [7, 11) is 1.93. The number of ether oxygens (including phenoxy) is 1. The van der Waals surface area contributed by atoms with Crippen LogP contribution in [-0.2, 0) is 23.8 Å². The Morgan fingerprint density at radius 3 is 2.82 bits per heavy atom. The number of fused-ring (bicyclic) bond motifs is 1. The highest BCUT2D eigenvalue weighted by atomic mass is 16.5. The molecule has 7 nitrogen and oxygen atoms in total. The van der Waals surface area contributed by atoms with Gasteiger partial charge in [-0.3, -0.25) is 9.67 Å². The summed E-state index contributed by atoms with van der Waals surface area (Å²) in [5, 5.41) is 5.42. The van der Waals surface area contributed by atoms with E-state index in [1.807, 2.05) is 36.1 Å². The number of hydrogen-bond donors (Lipinski definition) is 0. The van der Waals surface area contributed by atoms with Crippen molar-refractivity contribution in [3.63, 3.8) is 0 Å². The van der Waals surface area contributed by atoms with Gasteiger partial charge in [0.2, 0.25) is 0 Å². The van der Waals surface area contributed by atoms with E-state index in [9.17, 15) is 0 Å². The second-order valence-electron chi connectivity index (χ2n) is 8.47. The Balaban J connectivity index is 1.58. The van der Waals surface area contributed by atoms with Gasteiger partial charge in [0.1, 0.15) is 11.6 Å². The van der Waals surface area contributed by atoms with Crippen LogP contribution in [0.3, 0.4) is 0 Å². The van der Waals surface area contributed by atoms with Gasteiger partial charge >= 0.3 is 0 Å². The van der Waals surface area contributed by atoms with Gasteiger partial charge in [-0.25, -0.2) is 9.97 Å². The van der Waals surface area contributed by atoms with E-state index in [0.717, 1.165) is 54.3 Å². The predicted molar refractivity (Wildman–Crippen MR) is 109 cm³/mol. The lowest BCUT2D eigenvalue weighted by Crippen LogP contribution is -2.40. The van der Waals surface area contributed by atoms with Crippen molar-refractivity contribution in [1.29, 1.82) is 0 Å². The molecule has 0 saturated carbocycles. The third-order valence-electron chi connectivity index (χ3n) is 5.11. The van der Waals surface area contributed by atoms with Gasteiger partial charge in [-0.2, -0.15) is 5.10 Å². The molecule has 1 atom stereocenters. The standard InChI is InChI=1S/C21H28N6O/c1-21(2,3)20-24-18-17(12-23-26(18)4)19(25-20)27-11-7-9-16(13-27)28-14-15-8-5-6-10-22-15/h5-6,8,10,12,16H,7,9,11,13-14H2,1-4H3/t16-/m1/s1. The van der Waals surface area contributed by atoms with Crippen LogP contribution in [0.1, 0.15) is 45.1 Å². The van der Waals surface area contributed by atoms with Crippen molar-refractivity contribution in [3.05, 3.63) is 42.1 Å². The minimum Gasteiger partial charge on any atom is -0.370 e. The summed E-state index contributed by atoms with van der Waals surface area (Å²) in [6.45, 7) is 8.75. The van der Waals surface area contributed by atoms with Gasteiger partial charge in [0.15, 0.2) is 5.65 Å². The van der Waals surface area contributed by atoms with Crippen LogP contribution in [0.5, 0.6) is 0 Å². The molecule has 3 aromatic rings. The third-order valence-corrected chi connectivity index (χ3v) is 5.11. The molecule has 0 N–H and O–H groups in total. The molecule has 0 spiro atoms. The SMILES string of the molecule is Cn1ncc2c(N3CCC[C@@H](OCc4ccccn4)C3)nc(C(C)(C)C)nc21. The van der Waals surface area contributed by atoms with Gasteiger partial charge < -0.3 is 9.64 Å². The van der Waals surface area contributed by atoms with E-state index in [1.54, 1.807) is 6.20 Å². The monoisotopic (exact) mass is 380 g/mol. The molecule has 1 aliphatic heterocycles. The summed E-state index contributed by atoms with van der Waals surface area (Å²) in [4.78, 5) is 16.4. The van der Waals surface area contributed by atoms with E-state index in [4.69, 9.17) is 14.7 Å². The number of piperidine rings is 1. The van der Waals surface area contributed by atoms with Crippen molar-refractivity contribution in [2.75, 3.05) is 18.0 Å². The third kappa shape index (κ3) is 3.85. The maximum atomic E-state index is 6.17. The molecular weight excluding hydrogens is 352 g/mol. The number of aromatic nitrogens is 5. The van der Waals surface area contributed by atoms with Crippen molar-refractivity contribution in [2.24, 2.45) is 7.05 Å². The smallest absolute Gasteiger partial charge is 0.163 e. The summed E-state index contributed by atoms with van der Waals surface area (Å²) in [5.41, 5.74) is 1.72. The number of nitrogens with zero attached hydrogens (tertiary/aromatic N) is 6. The summed E-state index contributed by atoms with van der Waals surface area (Å²) >= 11 is 0. The fraction of sp³-hybridized carbons (Fsp3) is 0.524. The first-order valence-corrected chi connectivity index (χ1v) is 9.88. The molecule has 0 unspecified atom stereocenters. The molecule has 1 saturated heterocycles. The average Bonchev–Trinajstić information content (AvgIpc) is 3.07. The molecule has 0 aliphatic carbocycles. The van der Waals surface area contributed by atoms with Crippen molar-refractivity contribution in [1.82, 2.24) is 24.7 Å². The topological polar surface area (TPSA) is 69.0 Å². The number of hydrogen-bond acceptors (Lipinski definition) is 6. The molecule has 3 aromatic heterocycles. The zero-order valence-electron chi connectivity index (χ0n) is 17.1. The van der Waals surface area contributed by atoms with E-state index < -0.39 is 0 Å². The molecule has 1 fully saturated rings. The highest BCUT2D eigenvalue weighted by Gasteiger charge is 2.27. The first-order valence-electron chi connectivity index (χ1n) is 9.88. The Morgan fingerprint density at radius 2 is 2.07 bits per heavy atom. The summed E-state index contributed by atoms with van der Waals surface area (Å²) in [6, 6.07) is 5.92. The van der Waals surface area contributed by atoms with Crippen LogP contribution in [0, 0.1) is 0 Å². The Labute approximate surface area is 165 Å². The Kier molecular flexibility index (Phi) is 5.02. The number of rotatable bonds is 4. The fourth-order valence-corrected chi connectivity index (χ4v) is 3.54. The fourth-order valence-electron chi connectivity index (χ4n) is 3.54. The van der Waals surface area contributed by atoms with Crippen molar-refractivity contribution < 1.29 is 4.74 Å². The maximum Gasteiger partial charge on any atom is 0.163 e. The molecule has 148 valence electrons. The molecule has 0 radical (unpaired) electrons. The van der Waals surface area contributed by atoms with Crippen LogP contribution >= 0.6 is 0 Å². The molecule has 0 amide bonds. The van der Waals surface area contributed by atoms with E-state index in [0.29, 0.717) is 6.61 Å². The maximum absolute atomic E-state index is 6.17. The Morgan fingerprint density at radius 1 is 1.21 bits per heavy atom. The quantitative estimate of drug-likeness (QED) is 0.692. The van der Waals surface area contributed by atoms with Crippen molar-refractivity contribution in [2.45, 2.75) is 51.7 Å². The van der Waals surface area contributed by atoms with E-state index in [2.05, 4.69) is 35.8 Å². The molecule has 28 heavy (non-hydrogen) atoms. The van der Waals surface area contributed by atoms with Gasteiger partial charge in [-0.1, -0.05) is 26.8 Å². The van der Waals surface area contributed by atoms with Crippen LogP contribution < -0.4 is 4.90 Å². The summed E-state index contributed by atoms with van der Waals surface area (Å²) in [6.07, 6.45) is 5.96. The van der Waals surface area contributed by atoms with Crippen molar-refractivity contribution >= 4 is 16.9 Å². The normalized spacial score (nSPS) is 18.0. The van der Waals surface area contributed by atoms with E-state index in [1.165, 1.54) is 0 Å². The molecule has 1 aliphatic rings. The largest absolute Gasteiger partial charge is 0.370 e. The first-order chi connectivity index (χ1) is 13.4. The van der Waals surface area contributed by atoms with Gasteiger partial charge in [0.25, 0.3) is 0 Å². The van der Waals surface area contributed by atoms with Crippen LogP contribution in [0.2, 0.25) is 0 Å². The zero-order chi connectivity index (χ0) is 19.7. The average molecular weight is 380 g/mol. The van der Waals surface area contributed by atoms with Gasteiger partial charge in [0.05, 0.1) is 30.0 Å². The van der Waals surface area contributed by atoms with Crippen molar-refractivity contribution in [3.8, 4) is 0 Å². The molecule has 0 bridgehead atoms. The van der Waals surface area contributed by atoms with Crippen LogP contribution in [-0.4, -0.2) is 43.9 Å². The van der Waals surface area contributed by atoms with Gasteiger partial charge in [-0.05, 0) is 25.0 Å². The van der Waals surface area contributed by atoms with Crippen LogP contribution in [0.15, 0.2) is 30.6 Å². The molecule has 7 heteroatoms. The minimum absolute atomic E-state index is 0.127. The summed E-state index contributed by atoms with van der Waals surface area (Å²) < 4.78 is 8.00. The molecule has 0 aromatic carbocycles. The number of anilines is 1. The highest BCUT2D eigenvalue weighted by Crippen LogP contribution is 2.30. The summed E-state index contributed by atoms with van der Waals surface area (Å²) in [5.74, 6) is 1.81. The first kappa shape index (κ1) is 18.8. The van der Waals surface area contributed by atoms with Crippen LogP contribution in [0.4, 0.5) is 5.82 Å². The zero-order valence-corrected chi connectivity index (χ0v) is 17.1. The Bertz CT molecular complexity index is 947. The van der Waals surface area contributed by atoms with E-state index >= 15 is 0 Å². The lowest BCUT2D eigenvalue weighted by molar-refractivity contribution is 0.0297. The Hall–Kier alpha value is -2.54. The lowest BCUT2D eigenvalue weighted by atomic mass is 9.95. The molecule has 4 heterocycles. The number of aryl methyl sites for hydroxylation is 1. The highest BCUT2D eigenvalue weighted by molar-refractivity contribution is 5.87. The second kappa shape index (κ2) is 7.47. The second-order valence-corrected chi connectivity index (χ2v) is 8.47. The van der Waals surface area contributed by atoms with Gasteiger partial charge in [0, 0.05) is 31.7 Å².